The minimum Gasteiger partial charge on any atom is -0.324 e. The summed E-state index contributed by atoms with van der Waals surface area (Å²) < 4.78 is 10.3. The maximum atomic E-state index is 10.3. The molecule has 0 atom stereocenters. The standard InChI is InChI=1S/C4H7N4O3P/c9-12(10,11)2-1-5-4-6-3-7-8-4/h1,3H,2H2,(H,6,7,8)(H2,9,10,11). The number of nitrogens with zero attached hydrogens (tertiary/aromatic N) is 3. The third kappa shape index (κ3) is 3.38. The normalized spacial score (nSPS) is 12.5. The summed E-state index contributed by atoms with van der Waals surface area (Å²) in [7, 11) is -4.00. The van der Waals surface area contributed by atoms with Gasteiger partial charge in [0.25, 0.3) is 0 Å². The maximum absolute atomic E-state index is 10.3. The van der Waals surface area contributed by atoms with E-state index in [9.17, 15) is 4.57 Å². The van der Waals surface area contributed by atoms with Crippen LogP contribution in [0.5, 0.6) is 0 Å². The van der Waals surface area contributed by atoms with Crippen LogP contribution < -0.4 is 0 Å². The zero-order valence-corrected chi connectivity index (χ0v) is 6.85. The number of rotatable bonds is 3. The minimum absolute atomic E-state index is 0.225. The summed E-state index contributed by atoms with van der Waals surface area (Å²) in [5.74, 6) is 0.225. The number of hydrogen-bond acceptors (Lipinski definition) is 4. The molecule has 0 unspecified atom stereocenters. The molecule has 1 rings (SSSR count). The van der Waals surface area contributed by atoms with Crippen LogP contribution in [0, 0.1) is 0 Å². The molecule has 0 aromatic carbocycles. The lowest BCUT2D eigenvalue weighted by Gasteiger charge is -1.95. The molecule has 0 saturated carbocycles. The molecule has 1 aromatic rings. The minimum atomic E-state index is -4.00. The second-order valence-electron chi connectivity index (χ2n) is 1.97. The smallest absolute Gasteiger partial charge is 0.324 e. The van der Waals surface area contributed by atoms with E-state index >= 15 is 0 Å². The summed E-state index contributed by atoms with van der Waals surface area (Å²) >= 11 is 0. The molecule has 12 heavy (non-hydrogen) atoms. The van der Waals surface area contributed by atoms with Gasteiger partial charge in [0.05, 0.1) is 6.16 Å². The summed E-state index contributed by atoms with van der Waals surface area (Å²) in [6, 6.07) is 0. The molecule has 0 fully saturated rings. The lowest BCUT2D eigenvalue weighted by atomic mass is 10.8. The first-order valence-electron chi connectivity index (χ1n) is 3.00. The van der Waals surface area contributed by atoms with E-state index < -0.39 is 13.8 Å². The Labute approximate surface area is 67.7 Å². The van der Waals surface area contributed by atoms with Crippen molar-refractivity contribution in [3.8, 4) is 0 Å². The van der Waals surface area contributed by atoms with E-state index in [2.05, 4.69) is 20.2 Å². The number of aliphatic imine (C=N–C) groups is 1. The average molecular weight is 190 g/mol. The molecule has 0 aliphatic rings. The van der Waals surface area contributed by atoms with Crippen molar-refractivity contribution in [2.45, 2.75) is 0 Å². The van der Waals surface area contributed by atoms with E-state index in [1.165, 1.54) is 6.33 Å². The number of H-pyrrole nitrogens is 1. The van der Waals surface area contributed by atoms with Crippen LogP contribution in [0.2, 0.25) is 0 Å². The van der Waals surface area contributed by atoms with Gasteiger partial charge >= 0.3 is 7.60 Å². The van der Waals surface area contributed by atoms with Crippen LogP contribution in [0.3, 0.4) is 0 Å². The molecule has 3 N–H and O–H groups in total. The molecule has 7 nitrogen and oxygen atoms in total. The van der Waals surface area contributed by atoms with Crippen molar-refractivity contribution in [2.24, 2.45) is 4.99 Å². The monoisotopic (exact) mass is 190 g/mol. The van der Waals surface area contributed by atoms with E-state index in [-0.39, 0.29) is 5.95 Å². The highest BCUT2D eigenvalue weighted by Crippen LogP contribution is 2.32. The average Bonchev–Trinajstić information content (AvgIpc) is 2.36. The Morgan fingerprint density at radius 2 is 2.50 bits per heavy atom. The summed E-state index contributed by atoms with van der Waals surface area (Å²) in [5.41, 5.74) is 0. The van der Waals surface area contributed by atoms with Gasteiger partial charge in [0, 0.05) is 6.21 Å². The lowest BCUT2D eigenvalue weighted by Crippen LogP contribution is -1.87. The molecule has 0 aliphatic heterocycles. The second kappa shape index (κ2) is 3.57. The Balaban J connectivity index is 2.48. The Morgan fingerprint density at radius 3 is 3.00 bits per heavy atom. The maximum Gasteiger partial charge on any atom is 0.330 e. The molecule has 0 spiro atoms. The highest BCUT2D eigenvalue weighted by Gasteiger charge is 2.09. The first-order valence-corrected chi connectivity index (χ1v) is 4.80. The van der Waals surface area contributed by atoms with Gasteiger partial charge in [-0.25, -0.2) is 10.1 Å². The van der Waals surface area contributed by atoms with Crippen LogP contribution in [-0.4, -0.2) is 37.3 Å². The summed E-state index contributed by atoms with van der Waals surface area (Å²) in [5, 5.41) is 5.90. The molecule has 8 heteroatoms. The fraction of sp³-hybridized carbons (Fsp3) is 0.250. The Kier molecular flexibility index (Phi) is 2.69. The van der Waals surface area contributed by atoms with Gasteiger partial charge < -0.3 is 9.79 Å². The Morgan fingerprint density at radius 1 is 1.75 bits per heavy atom. The molecule has 1 aromatic heterocycles. The zero-order valence-electron chi connectivity index (χ0n) is 5.95. The summed E-state index contributed by atoms with van der Waals surface area (Å²) in [6.07, 6.45) is 1.96. The van der Waals surface area contributed by atoms with Gasteiger partial charge in [0.1, 0.15) is 6.33 Å². The third-order valence-corrected chi connectivity index (χ3v) is 1.57. The van der Waals surface area contributed by atoms with Gasteiger partial charge in [-0.15, -0.1) is 0 Å². The van der Waals surface area contributed by atoms with Crippen molar-refractivity contribution >= 4 is 19.8 Å². The fourth-order valence-electron chi connectivity index (χ4n) is 0.495. The van der Waals surface area contributed by atoms with Gasteiger partial charge in [0.2, 0.25) is 5.95 Å². The first-order chi connectivity index (χ1) is 5.58. The van der Waals surface area contributed by atoms with E-state index in [0.29, 0.717) is 0 Å². The van der Waals surface area contributed by atoms with Crippen molar-refractivity contribution in [3.63, 3.8) is 0 Å². The van der Waals surface area contributed by atoms with Crippen molar-refractivity contribution in [3.05, 3.63) is 6.33 Å². The predicted molar refractivity (Wildman–Crippen MR) is 41.4 cm³/mol. The first kappa shape index (κ1) is 9.05. The van der Waals surface area contributed by atoms with Crippen LogP contribution >= 0.6 is 7.60 Å². The molecular weight excluding hydrogens is 183 g/mol. The lowest BCUT2D eigenvalue weighted by molar-refractivity contribution is 0.378. The number of hydrogen-bond donors (Lipinski definition) is 3. The number of aromatic nitrogens is 3. The van der Waals surface area contributed by atoms with Gasteiger partial charge in [-0.3, -0.25) is 4.57 Å². The van der Waals surface area contributed by atoms with Crippen LogP contribution in [-0.2, 0) is 4.57 Å². The second-order valence-corrected chi connectivity index (χ2v) is 3.66. The molecule has 1 heterocycles. The summed E-state index contributed by atoms with van der Waals surface area (Å²) in [6.45, 7) is 0. The molecule has 66 valence electrons. The van der Waals surface area contributed by atoms with Gasteiger partial charge in [-0.05, 0) is 0 Å². The van der Waals surface area contributed by atoms with Gasteiger partial charge in [0.15, 0.2) is 0 Å². The van der Waals surface area contributed by atoms with E-state index in [1.54, 1.807) is 0 Å². The van der Waals surface area contributed by atoms with Crippen LogP contribution in [0.4, 0.5) is 5.95 Å². The highest BCUT2D eigenvalue weighted by atomic mass is 31.2. The van der Waals surface area contributed by atoms with Crippen molar-refractivity contribution in [1.29, 1.82) is 0 Å². The van der Waals surface area contributed by atoms with E-state index in [1.807, 2.05) is 0 Å². The number of aromatic amines is 1. The molecule has 0 saturated heterocycles. The topological polar surface area (TPSA) is 111 Å². The quantitative estimate of drug-likeness (QED) is 0.446. The van der Waals surface area contributed by atoms with E-state index in [0.717, 1.165) is 6.21 Å². The molecule has 0 radical (unpaired) electrons. The zero-order chi connectivity index (χ0) is 9.03. The van der Waals surface area contributed by atoms with E-state index in [4.69, 9.17) is 9.79 Å². The van der Waals surface area contributed by atoms with Gasteiger partial charge in [-0.2, -0.15) is 10.1 Å². The van der Waals surface area contributed by atoms with Crippen LogP contribution in [0.1, 0.15) is 0 Å². The van der Waals surface area contributed by atoms with Crippen molar-refractivity contribution in [2.75, 3.05) is 6.16 Å². The molecule has 0 aliphatic carbocycles. The van der Waals surface area contributed by atoms with Crippen LogP contribution in [0.15, 0.2) is 11.3 Å². The van der Waals surface area contributed by atoms with Crippen LogP contribution in [0.25, 0.3) is 0 Å². The SMILES string of the molecule is O=P(O)(O)CC=Nc1ncn[nH]1. The predicted octanol–water partition coefficient (Wildman–Crippen LogP) is -0.315. The summed E-state index contributed by atoms with van der Waals surface area (Å²) in [4.78, 5) is 24.1. The van der Waals surface area contributed by atoms with Crippen molar-refractivity contribution < 1.29 is 14.4 Å². The molecular formula is C4H7N4O3P. The van der Waals surface area contributed by atoms with Gasteiger partial charge in [-0.1, -0.05) is 0 Å². The highest BCUT2D eigenvalue weighted by molar-refractivity contribution is 7.52. The molecule has 0 amide bonds. The van der Waals surface area contributed by atoms with Crippen molar-refractivity contribution in [1.82, 2.24) is 15.2 Å². The Bertz CT molecular complexity index is 302. The Hall–Kier alpha value is -1.04. The molecule has 0 bridgehead atoms. The third-order valence-electron chi connectivity index (χ3n) is 0.935. The largest absolute Gasteiger partial charge is 0.330 e. The fourth-order valence-corrected chi connectivity index (χ4v) is 0.789. The number of nitrogens with one attached hydrogen (secondary N) is 1.